The zero-order chi connectivity index (χ0) is 13.5. The molecule has 0 spiro atoms. The normalized spacial score (nSPS) is 12.7. The van der Waals surface area contributed by atoms with Gasteiger partial charge in [0.15, 0.2) is 0 Å². The molecule has 5 heteroatoms. The maximum absolute atomic E-state index is 8.95. The van der Waals surface area contributed by atoms with Crippen molar-refractivity contribution >= 4 is 0 Å². The van der Waals surface area contributed by atoms with E-state index >= 15 is 0 Å². The lowest BCUT2D eigenvalue weighted by molar-refractivity contribution is 0.251. The number of rotatable bonds is 8. The van der Waals surface area contributed by atoms with Crippen LogP contribution in [0.1, 0.15) is 31.0 Å². The minimum Gasteiger partial charge on any atom is -0.481 e. The van der Waals surface area contributed by atoms with Crippen LogP contribution in [0.4, 0.5) is 0 Å². The third-order valence-electron chi connectivity index (χ3n) is 3.33. The van der Waals surface area contributed by atoms with Gasteiger partial charge in [-0.05, 0) is 25.8 Å². The first-order valence-electron chi connectivity index (χ1n) is 6.52. The Morgan fingerprint density at radius 1 is 1.50 bits per heavy atom. The van der Waals surface area contributed by atoms with Crippen LogP contribution in [0.2, 0.25) is 0 Å². The van der Waals surface area contributed by atoms with Gasteiger partial charge in [0.25, 0.3) is 0 Å². The average Bonchev–Trinajstić information content (AvgIpc) is 2.62. The molecular formula is C13H25N3O2. The zero-order valence-corrected chi connectivity index (χ0v) is 11.9. The third-order valence-corrected chi connectivity index (χ3v) is 3.33. The summed E-state index contributed by atoms with van der Waals surface area (Å²) in [5.74, 6) is 1.34. The van der Waals surface area contributed by atoms with Crippen molar-refractivity contribution in [2.45, 2.75) is 33.2 Å². The third kappa shape index (κ3) is 3.71. The van der Waals surface area contributed by atoms with Crippen LogP contribution in [0.3, 0.4) is 0 Å². The lowest BCUT2D eigenvalue weighted by Gasteiger charge is -2.14. The molecule has 0 aliphatic rings. The van der Waals surface area contributed by atoms with Crippen molar-refractivity contribution in [3.63, 3.8) is 0 Å². The number of methoxy groups -OCH3 is 1. The van der Waals surface area contributed by atoms with Crippen molar-refractivity contribution in [3.05, 3.63) is 11.3 Å². The van der Waals surface area contributed by atoms with Gasteiger partial charge in [-0.25, -0.2) is 4.68 Å². The Bertz CT molecular complexity index is 363. The summed E-state index contributed by atoms with van der Waals surface area (Å²) in [4.78, 5) is 0. The van der Waals surface area contributed by atoms with E-state index in [1.807, 2.05) is 14.0 Å². The number of aliphatic hydroxyl groups excluding tert-OH is 1. The van der Waals surface area contributed by atoms with Crippen LogP contribution in [-0.4, -0.2) is 35.1 Å². The molecule has 0 radical (unpaired) electrons. The van der Waals surface area contributed by atoms with E-state index < -0.39 is 0 Å². The van der Waals surface area contributed by atoms with Crippen molar-refractivity contribution in [2.75, 3.05) is 20.3 Å². The number of aryl methyl sites for hydroxylation is 2. The molecule has 0 aliphatic carbocycles. The van der Waals surface area contributed by atoms with E-state index in [1.54, 1.807) is 11.8 Å². The maximum atomic E-state index is 8.95. The van der Waals surface area contributed by atoms with Gasteiger partial charge >= 0.3 is 0 Å². The van der Waals surface area contributed by atoms with Crippen LogP contribution in [-0.2, 0) is 13.6 Å². The highest BCUT2D eigenvalue weighted by atomic mass is 16.5. The predicted octanol–water partition coefficient (Wildman–Crippen LogP) is 1.24. The van der Waals surface area contributed by atoms with Gasteiger partial charge in [0.2, 0.25) is 5.88 Å². The Morgan fingerprint density at radius 3 is 2.78 bits per heavy atom. The van der Waals surface area contributed by atoms with Crippen molar-refractivity contribution in [3.8, 4) is 5.88 Å². The molecule has 1 atom stereocenters. The Hall–Kier alpha value is -1.07. The van der Waals surface area contributed by atoms with E-state index in [0.717, 1.165) is 43.1 Å². The van der Waals surface area contributed by atoms with Crippen LogP contribution >= 0.6 is 0 Å². The topological polar surface area (TPSA) is 59.3 Å². The van der Waals surface area contributed by atoms with Crippen LogP contribution in [0.5, 0.6) is 5.88 Å². The number of hydrogen-bond donors (Lipinski definition) is 2. The second-order valence-electron chi connectivity index (χ2n) is 4.61. The van der Waals surface area contributed by atoms with Gasteiger partial charge < -0.3 is 15.2 Å². The molecule has 104 valence electrons. The first kappa shape index (κ1) is 15.0. The molecule has 0 amide bonds. The largest absolute Gasteiger partial charge is 0.481 e. The Kier molecular flexibility index (Phi) is 6.15. The number of nitrogens with zero attached hydrogens (tertiary/aromatic N) is 2. The highest BCUT2D eigenvalue weighted by molar-refractivity contribution is 5.30. The van der Waals surface area contributed by atoms with Gasteiger partial charge in [0, 0.05) is 20.2 Å². The number of hydrogen-bond acceptors (Lipinski definition) is 4. The molecule has 2 N–H and O–H groups in total. The molecule has 0 aromatic carbocycles. The van der Waals surface area contributed by atoms with E-state index in [1.165, 1.54) is 0 Å². The average molecular weight is 255 g/mol. The smallest absolute Gasteiger partial charge is 0.216 e. The quantitative estimate of drug-likeness (QED) is 0.733. The van der Waals surface area contributed by atoms with Crippen LogP contribution in [0.15, 0.2) is 0 Å². The second-order valence-corrected chi connectivity index (χ2v) is 4.61. The fourth-order valence-electron chi connectivity index (χ4n) is 2.17. The first-order chi connectivity index (χ1) is 8.63. The maximum Gasteiger partial charge on any atom is 0.216 e. The summed E-state index contributed by atoms with van der Waals surface area (Å²) in [6, 6.07) is 0. The van der Waals surface area contributed by atoms with Crippen molar-refractivity contribution < 1.29 is 9.84 Å². The SMILES string of the molecule is CCC(CCO)CNCc1c(C)nn(C)c1OC. The zero-order valence-electron chi connectivity index (χ0n) is 11.9. The van der Waals surface area contributed by atoms with Crippen molar-refractivity contribution in [1.29, 1.82) is 0 Å². The summed E-state index contributed by atoms with van der Waals surface area (Å²) >= 11 is 0. The molecule has 0 aliphatic heterocycles. The van der Waals surface area contributed by atoms with E-state index in [9.17, 15) is 0 Å². The summed E-state index contributed by atoms with van der Waals surface area (Å²) in [5.41, 5.74) is 2.11. The van der Waals surface area contributed by atoms with Gasteiger partial charge in [-0.3, -0.25) is 0 Å². The van der Waals surface area contributed by atoms with Crippen molar-refractivity contribution in [2.24, 2.45) is 13.0 Å². The minimum atomic E-state index is 0.259. The van der Waals surface area contributed by atoms with E-state index in [2.05, 4.69) is 17.3 Å². The van der Waals surface area contributed by atoms with Gasteiger partial charge in [0.05, 0.1) is 18.4 Å². The number of aromatic nitrogens is 2. The molecule has 0 saturated carbocycles. The highest BCUT2D eigenvalue weighted by Crippen LogP contribution is 2.20. The molecule has 18 heavy (non-hydrogen) atoms. The molecule has 5 nitrogen and oxygen atoms in total. The summed E-state index contributed by atoms with van der Waals surface area (Å²) in [7, 11) is 3.55. The number of aliphatic hydroxyl groups is 1. The lowest BCUT2D eigenvalue weighted by Crippen LogP contribution is -2.23. The summed E-state index contributed by atoms with van der Waals surface area (Å²) in [6.07, 6.45) is 1.93. The van der Waals surface area contributed by atoms with E-state index in [-0.39, 0.29) is 6.61 Å². The second kappa shape index (κ2) is 7.38. The van der Waals surface area contributed by atoms with E-state index in [0.29, 0.717) is 5.92 Å². The molecule has 1 aromatic heterocycles. The van der Waals surface area contributed by atoms with Gasteiger partial charge in [0.1, 0.15) is 0 Å². The Morgan fingerprint density at radius 2 is 2.22 bits per heavy atom. The minimum absolute atomic E-state index is 0.259. The predicted molar refractivity (Wildman–Crippen MR) is 71.7 cm³/mol. The first-order valence-corrected chi connectivity index (χ1v) is 6.52. The summed E-state index contributed by atoms with van der Waals surface area (Å²) < 4.78 is 7.11. The molecule has 1 rings (SSSR count). The van der Waals surface area contributed by atoms with Crippen LogP contribution in [0.25, 0.3) is 0 Å². The van der Waals surface area contributed by atoms with Crippen molar-refractivity contribution in [1.82, 2.24) is 15.1 Å². The Labute approximate surface area is 109 Å². The summed E-state index contributed by atoms with van der Waals surface area (Å²) in [6.45, 7) is 6.07. The molecule has 1 heterocycles. The fourth-order valence-corrected chi connectivity index (χ4v) is 2.17. The van der Waals surface area contributed by atoms with Crippen LogP contribution in [0, 0.1) is 12.8 Å². The highest BCUT2D eigenvalue weighted by Gasteiger charge is 2.13. The molecule has 0 saturated heterocycles. The van der Waals surface area contributed by atoms with Gasteiger partial charge in [-0.15, -0.1) is 0 Å². The molecule has 0 fully saturated rings. The summed E-state index contributed by atoms with van der Waals surface area (Å²) in [5, 5.41) is 16.7. The molecular weight excluding hydrogens is 230 g/mol. The molecule has 1 unspecified atom stereocenters. The lowest BCUT2D eigenvalue weighted by atomic mass is 10.0. The fraction of sp³-hybridized carbons (Fsp3) is 0.769. The van der Waals surface area contributed by atoms with Gasteiger partial charge in [-0.2, -0.15) is 5.10 Å². The number of nitrogens with one attached hydrogen (secondary N) is 1. The van der Waals surface area contributed by atoms with E-state index in [4.69, 9.17) is 9.84 Å². The van der Waals surface area contributed by atoms with Crippen LogP contribution < -0.4 is 10.1 Å². The Balaban J connectivity index is 2.53. The number of ether oxygens (including phenoxy) is 1. The molecule has 1 aromatic rings. The monoisotopic (exact) mass is 255 g/mol. The van der Waals surface area contributed by atoms with Gasteiger partial charge in [-0.1, -0.05) is 13.3 Å². The molecule has 0 bridgehead atoms. The standard InChI is InChI=1S/C13H25N3O2/c1-5-11(6-7-17)8-14-9-12-10(2)15-16(3)13(12)18-4/h11,14,17H,5-9H2,1-4H3.